The zero-order valence-corrected chi connectivity index (χ0v) is 37.2. The molecule has 3 aromatic carbocycles. The van der Waals surface area contributed by atoms with Gasteiger partial charge in [-0.1, -0.05) is 59.7 Å². The van der Waals surface area contributed by atoms with E-state index in [2.05, 4.69) is 9.97 Å². The summed E-state index contributed by atoms with van der Waals surface area (Å²) in [7, 11) is 0. The number of pyridine rings is 1. The maximum absolute atomic E-state index is 14.8. The lowest BCUT2D eigenvalue weighted by Crippen LogP contribution is -2.59. The molecule has 61 heavy (non-hydrogen) atoms. The van der Waals surface area contributed by atoms with E-state index in [9.17, 15) is 28.0 Å². The van der Waals surface area contributed by atoms with Crippen molar-refractivity contribution in [3.8, 4) is 22.4 Å². The number of rotatable bonds is 11. The lowest BCUT2D eigenvalue weighted by Gasteiger charge is -2.45. The number of aromatic nitrogens is 2. The maximum atomic E-state index is 14.8. The molecular formula is C46H44Cl2F2N2O8S. The number of fused-ring (bicyclic) bond motifs is 1. The van der Waals surface area contributed by atoms with Crippen molar-refractivity contribution in [1.29, 1.82) is 0 Å². The van der Waals surface area contributed by atoms with Crippen LogP contribution in [0.4, 0.5) is 8.78 Å². The minimum atomic E-state index is -1.48. The number of carbonyl (C=O) groups excluding carboxylic acids is 4. The Kier molecular flexibility index (Phi) is 11.8. The zero-order valence-electron chi connectivity index (χ0n) is 34.8. The summed E-state index contributed by atoms with van der Waals surface area (Å²) in [6.07, 6.45) is 2.05. The standard InChI is InChI=1S/C46H44Cl2F2N2O8S/c1-9-23-15-17-25(57-36-34(49)30(48)22-51-41(36)50)20-27(23)33-39(55)45(6,7)60-46(8,40(33)56)19-11-12-24-16-18-26(58-42-52-35-29(47)13-10-14-31(35)61-42)21-28(24)32-37(53)43(2,3)59-44(4,5)38(32)54/h10,13-18,20-22,32-33H,9,11-12,19H2,1-8H3. The Labute approximate surface area is 365 Å². The lowest BCUT2D eigenvalue weighted by molar-refractivity contribution is -0.189. The van der Waals surface area contributed by atoms with Gasteiger partial charge >= 0.3 is 0 Å². The van der Waals surface area contributed by atoms with Crippen LogP contribution in [0.5, 0.6) is 22.4 Å². The molecule has 0 radical (unpaired) electrons. The Bertz CT molecular complexity index is 2600. The molecule has 2 fully saturated rings. The van der Waals surface area contributed by atoms with Gasteiger partial charge in [-0.3, -0.25) is 19.2 Å². The van der Waals surface area contributed by atoms with Gasteiger partial charge in [0.1, 0.15) is 51.3 Å². The largest absolute Gasteiger partial charge is 0.449 e. The quantitative estimate of drug-likeness (QED) is 0.0933. The van der Waals surface area contributed by atoms with Gasteiger partial charge in [0.25, 0.3) is 11.1 Å². The average Bonchev–Trinajstić information content (AvgIpc) is 3.61. The fraction of sp³-hybridized carbons (Fsp3) is 0.391. The van der Waals surface area contributed by atoms with Crippen LogP contribution in [0.1, 0.15) is 102 Å². The van der Waals surface area contributed by atoms with Gasteiger partial charge in [0.15, 0.2) is 29.0 Å². The molecule has 7 rings (SSSR count). The Morgan fingerprint density at radius 2 is 1.31 bits per heavy atom. The van der Waals surface area contributed by atoms with Crippen molar-refractivity contribution >= 4 is 67.9 Å². The van der Waals surface area contributed by atoms with Crippen molar-refractivity contribution in [2.24, 2.45) is 0 Å². The number of para-hydroxylation sites is 1. The topological polar surface area (TPSA) is 131 Å². The second-order valence-corrected chi connectivity index (χ2v) is 18.8. The van der Waals surface area contributed by atoms with Gasteiger partial charge in [-0.15, -0.1) is 0 Å². The molecule has 2 atom stereocenters. The summed E-state index contributed by atoms with van der Waals surface area (Å²) in [6, 6.07) is 15.2. The van der Waals surface area contributed by atoms with Crippen LogP contribution in [0.3, 0.4) is 0 Å². The summed E-state index contributed by atoms with van der Waals surface area (Å²) in [4.78, 5) is 64.9. The van der Waals surface area contributed by atoms with Crippen LogP contribution >= 0.6 is 34.5 Å². The SMILES string of the molecule is CCc1ccc(Oc2c(F)ncc(Cl)c2F)cc1C1C(=O)C(C)(C)OC(C)(CCCc2ccc(Oc3nc4c(Cl)cccc4s3)cc2C2C(=O)C(C)(C)OC(C)(C)C2=O)C1=O. The molecule has 2 saturated heterocycles. The monoisotopic (exact) mass is 892 g/mol. The highest BCUT2D eigenvalue weighted by Crippen LogP contribution is 2.45. The molecule has 2 unspecified atom stereocenters. The number of nitrogens with zero attached hydrogens (tertiary/aromatic N) is 2. The van der Waals surface area contributed by atoms with E-state index in [0.717, 1.165) is 10.9 Å². The lowest BCUT2D eigenvalue weighted by atomic mass is 9.71. The smallest absolute Gasteiger partial charge is 0.279 e. The molecule has 10 nitrogen and oxygen atoms in total. The van der Waals surface area contributed by atoms with Gasteiger partial charge in [-0.2, -0.15) is 4.39 Å². The molecular weight excluding hydrogens is 849 g/mol. The van der Waals surface area contributed by atoms with E-state index in [-0.39, 0.29) is 12.2 Å². The molecule has 2 aliphatic rings. The molecule has 4 heterocycles. The highest BCUT2D eigenvalue weighted by molar-refractivity contribution is 7.20. The van der Waals surface area contributed by atoms with E-state index in [4.69, 9.17) is 42.1 Å². The first-order chi connectivity index (χ1) is 28.6. The highest BCUT2D eigenvalue weighted by Gasteiger charge is 2.56. The van der Waals surface area contributed by atoms with Gasteiger partial charge in [-0.05, 0) is 133 Å². The van der Waals surface area contributed by atoms with Crippen molar-refractivity contribution in [3.05, 3.63) is 105 Å². The van der Waals surface area contributed by atoms with Crippen LogP contribution in [-0.4, -0.2) is 55.5 Å². The molecule has 15 heteroatoms. The summed E-state index contributed by atoms with van der Waals surface area (Å²) in [5.41, 5.74) is -2.78. The number of ketones is 4. The minimum absolute atomic E-state index is 0.0314. The number of Topliss-reactive ketones (excluding diaryl/α,β-unsaturated/α-hetero) is 4. The summed E-state index contributed by atoms with van der Waals surface area (Å²) < 4.78 is 54.3. The van der Waals surface area contributed by atoms with Gasteiger partial charge in [-0.25, -0.2) is 14.4 Å². The molecule has 5 aromatic rings. The predicted molar refractivity (Wildman–Crippen MR) is 227 cm³/mol. The first-order valence-electron chi connectivity index (χ1n) is 19.8. The minimum Gasteiger partial charge on any atom is -0.449 e. The number of hydrogen-bond acceptors (Lipinski definition) is 11. The van der Waals surface area contributed by atoms with Gasteiger partial charge in [0.2, 0.25) is 5.75 Å². The third kappa shape index (κ3) is 8.35. The Morgan fingerprint density at radius 1 is 0.738 bits per heavy atom. The summed E-state index contributed by atoms with van der Waals surface area (Å²) in [6.45, 7) is 13.3. The predicted octanol–water partition coefficient (Wildman–Crippen LogP) is 11.0. The molecule has 0 N–H and O–H groups in total. The number of halogens is 4. The van der Waals surface area contributed by atoms with Crippen molar-refractivity contribution < 1.29 is 46.9 Å². The van der Waals surface area contributed by atoms with E-state index in [1.165, 1.54) is 23.5 Å². The van der Waals surface area contributed by atoms with Crippen molar-refractivity contribution in [2.45, 2.75) is 115 Å². The zero-order chi connectivity index (χ0) is 44.4. The Morgan fingerprint density at radius 3 is 1.93 bits per heavy atom. The van der Waals surface area contributed by atoms with Crippen LogP contribution in [0, 0.1) is 11.8 Å². The van der Waals surface area contributed by atoms with Gasteiger partial charge in [0.05, 0.1) is 20.9 Å². The molecule has 320 valence electrons. The fourth-order valence-electron chi connectivity index (χ4n) is 8.38. The molecule has 0 saturated carbocycles. The van der Waals surface area contributed by atoms with Crippen LogP contribution in [0.25, 0.3) is 10.2 Å². The third-order valence-corrected chi connectivity index (χ3v) is 12.8. The Balaban J connectivity index is 1.20. The molecule has 2 aliphatic heterocycles. The van der Waals surface area contributed by atoms with Crippen molar-refractivity contribution in [1.82, 2.24) is 9.97 Å². The second-order valence-electron chi connectivity index (χ2n) is 17.0. The highest BCUT2D eigenvalue weighted by atomic mass is 35.5. The maximum Gasteiger partial charge on any atom is 0.279 e. The summed E-state index contributed by atoms with van der Waals surface area (Å²) in [5.74, 6) is -7.15. The average molecular weight is 894 g/mol. The number of benzene rings is 3. The first-order valence-corrected chi connectivity index (χ1v) is 21.4. The number of carbonyl (C=O) groups is 4. The van der Waals surface area contributed by atoms with E-state index in [0.29, 0.717) is 63.0 Å². The third-order valence-electron chi connectivity index (χ3n) is 11.3. The van der Waals surface area contributed by atoms with Crippen LogP contribution < -0.4 is 9.47 Å². The van der Waals surface area contributed by atoms with Crippen LogP contribution in [-0.2, 0) is 41.5 Å². The van der Waals surface area contributed by atoms with E-state index >= 15 is 0 Å². The van der Waals surface area contributed by atoms with Gasteiger partial charge < -0.3 is 18.9 Å². The normalized spacial score (nSPS) is 21.3. The second kappa shape index (κ2) is 16.2. The van der Waals surface area contributed by atoms with E-state index in [1.807, 2.05) is 19.1 Å². The van der Waals surface area contributed by atoms with Gasteiger partial charge in [0, 0.05) is 0 Å². The number of ether oxygens (including phenoxy) is 4. The summed E-state index contributed by atoms with van der Waals surface area (Å²) >= 11 is 13.5. The van der Waals surface area contributed by atoms with Crippen LogP contribution in [0.2, 0.25) is 10.0 Å². The van der Waals surface area contributed by atoms with Crippen LogP contribution in [0.15, 0.2) is 60.8 Å². The molecule has 2 aromatic heterocycles. The van der Waals surface area contributed by atoms with E-state index in [1.54, 1.807) is 78.8 Å². The van der Waals surface area contributed by atoms with Crippen molar-refractivity contribution in [2.75, 3.05) is 0 Å². The van der Waals surface area contributed by atoms with E-state index < -0.39 is 79.9 Å². The molecule has 0 amide bonds. The molecule has 0 spiro atoms. The number of hydrogen-bond donors (Lipinski definition) is 0. The molecule has 0 bridgehead atoms. The number of thiazole rings is 1. The summed E-state index contributed by atoms with van der Waals surface area (Å²) in [5, 5.41) is 0.354. The Hall–Kier alpha value is -4.66. The first kappa shape index (κ1) is 44.4. The fourth-order valence-corrected chi connectivity index (χ4v) is 9.64. The molecule has 0 aliphatic carbocycles. The number of aryl methyl sites for hydroxylation is 2. The van der Waals surface area contributed by atoms with Crippen molar-refractivity contribution in [3.63, 3.8) is 0 Å².